The van der Waals surface area contributed by atoms with Crippen LogP contribution in [0.3, 0.4) is 0 Å². The number of thiophene rings is 1. The second-order valence-electron chi connectivity index (χ2n) is 7.68. The number of nitrogens with one attached hydrogen (secondary N) is 1. The van der Waals surface area contributed by atoms with Gasteiger partial charge < -0.3 is 14.5 Å². The number of sulfone groups is 1. The first-order valence-electron chi connectivity index (χ1n) is 10.5. The van der Waals surface area contributed by atoms with Gasteiger partial charge in [0.25, 0.3) is 0 Å². The van der Waals surface area contributed by atoms with E-state index < -0.39 is 32.7 Å². The Morgan fingerprint density at radius 1 is 1.15 bits per heavy atom. The van der Waals surface area contributed by atoms with Crippen molar-refractivity contribution >= 4 is 38.1 Å². The number of benzene rings is 1. The van der Waals surface area contributed by atoms with Gasteiger partial charge in [-0.1, -0.05) is 22.8 Å². The maximum atomic E-state index is 12.7. The van der Waals surface area contributed by atoms with E-state index in [9.17, 15) is 18.0 Å². The molecule has 0 aliphatic heterocycles. The maximum absolute atomic E-state index is 12.7. The van der Waals surface area contributed by atoms with E-state index in [-0.39, 0.29) is 12.5 Å². The predicted octanol–water partition coefficient (Wildman–Crippen LogP) is 3.57. The molecule has 1 aliphatic carbocycles. The largest absolute Gasteiger partial charge is 0.462 e. The molecule has 0 fully saturated rings. The average molecular weight is 490 g/mol. The number of fused-ring (bicyclic) bond motifs is 1. The number of aryl methyl sites for hydroxylation is 2. The lowest BCUT2D eigenvalue weighted by Gasteiger charge is -2.12. The van der Waals surface area contributed by atoms with Crippen molar-refractivity contribution in [2.24, 2.45) is 0 Å². The summed E-state index contributed by atoms with van der Waals surface area (Å²) in [5.74, 6) is -2.17. The van der Waals surface area contributed by atoms with Crippen LogP contribution >= 0.6 is 11.3 Å². The van der Waals surface area contributed by atoms with Crippen molar-refractivity contribution in [1.29, 1.82) is 0 Å². The summed E-state index contributed by atoms with van der Waals surface area (Å²) in [6.45, 7) is 3.83. The molecule has 11 heteroatoms. The second-order valence-corrected chi connectivity index (χ2v) is 10.7. The number of anilines is 1. The van der Waals surface area contributed by atoms with Crippen molar-refractivity contribution in [3.05, 3.63) is 45.8 Å². The smallest absolute Gasteiger partial charge is 0.341 e. The lowest BCUT2D eigenvalue weighted by atomic mass is 9.95. The summed E-state index contributed by atoms with van der Waals surface area (Å²) in [4.78, 5) is 26.2. The van der Waals surface area contributed by atoms with Crippen LogP contribution in [0, 0.1) is 6.92 Å². The fourth-order valence-electron chi connectivity index (χ4n) is 3.62. The standard InChI is InChI=1S/C22H23N3O6S2/c1-3-30-21(27)18-15-6-4-5-7-16(15)32-20(18)23-17(26)12-33(28,29)22-25-24-19(31-22)14-10-8-13(2)9-11-14/h8-11H,3-7,12H2,1-2H3,(H,23,26). The fourth-order valence-corrected chi connectivity index (χ4v) is 5.82. The molecule has 3 aromatic rings. The summed E-state index contributed by atoms with van der Waals surface area (Å²) in [6.07, 6.45) is 3.47. The number of esters is 1. The fraction of sp³-hybridized carbons (Fsp3) is 0.364. The molecule has 1 amide bonds. The highest BCUT2D eigenvalue weighted by Crippen LogP contribution is 2.38. The minimum atomic E-state index is -4.18. The molecule has 0 atom stereocenters. The molecule has 174 valence electrons. The first-order chi connectivity index (χ1) is 15.8. The van der Waals surface area contributed by atoms with E-state index >= 15 is 0 Å². The molecule has 1 aromatic carbocycles. The summed E-state index contributed by atoms with van der Waals surface area (Å²) in [5.41, 5.74) is 2.80. The van der Waals surface area contributed by atoms with Gasteiger partial charge in [0.2, 0.25) is 21.6 Å². The van der Waals surface area contributed by atoms with Gasteiger partial charge in [-0.05, 0) is 57.2 Å². The van der Waals surface area contributed by atoms with Crippen LogP contribution in [0.5, 0.6) is 0 Å². The van der Waals surface area contributed by atoms with Crippen molar-refractivity contribution in [2.45, 2.75) is 44.8 Å². The summed E-state index contributed by atoms with van der Waals surface area (Å²) in [7, 11) is -4.18. The molecule has 1 aliphatic rings. The third-order valence-electron chi connectivity index (χ3n) is 5.20. The van der Waals surface area contributed by atoms with E-state index in [0.29, 0.717) is 16.1 Å². The molecule has 0 bridgehead atoms. The Morgan fingerprint density at radius 3 is 2.61 bits per heavy atom. The number of hydrogen-bond donors (Lipinski definition) is 1. The Kier molecular flexibility index (Phi) is 6.61. The van der Waals surface area contributed by atoms with Crippen LogP contribution in [0.4, 0.5) is 5.00 Å². The number of aromatic nitrogens is 2. The van der Waals surface area contributed by atoms with E-state index in [2.05, 4.69) is 15.5 Å². The van der Waals surface area contributed by atoms with E-state index in [1.807, 2.05) is 19.1 Å². The van der Waals surface area contributed by atoms with Crippen molar-refractivity contribution in [1.82, 2.24) is 10.2 Å². The van der Waals surface area contributed by atoms with Crippen LogP contribution in [0.15, 0.2) is 33.9 Å². The van der Waals surface area contributed by atoms with Gasteiger partial charge in [-0.15, -0.1) is 16.4 Å². The SMILES string of the molecule is CCOC(=O)c1c(NC(=O)CS(=O)(=O)c2nnc(-c3ccc(C)cc3)o2)sc2c1CCCC2. The summed E-state index contributed by atoms with van der Waals surface area (Å²) in [5, 5.41) is 9.67. The first-order valence-corrected chi connectivity index (χ1v) is 13.0. The highest BCUT2D eigenvalue weighted by Gasteiger charge is 2.30. The van der Waals surface area contributed by atoms with Gasteiger partial charge in [-0.3, -0.25) is 4.79 Å². The van der Waals surface area contributed by atoms with Gasteiger partial charge in [0.1, 0.15) is 10.8 Å². The van der Waals surface area contributed by atoms with Crippen molar-refractivity contribution in [3.63, 3.8) is 0 Å². The molecule has 2 aromatic heterocycles. The Bertz CT molecular complexity index is 1290. The van der Waals surface area contributed by atoms with Gasteiger partial charge in [-0.25, -0.2) is 13.2 Å². The Hall–Kier alpha value is -3.05. The highest BCUT2D eigenvalue weighted by atomic mass is 32.2. The molecule has 0 unspecified atom stereocenters. The minimum absolute atomic E-state index is 0.0458. The van der Waals surface area contributed by atoms with E-state index in [1.165, 1.54) is 11.3 Å². The van der Waals surface area contributed by atoms with E-state index in [1.54, 1.807) is 19.1 Å². The van der Waals surface area contributed by atoms with E-state index in [4.69, 9.17) is 9.15 Å². The third-order valence-corrected chi connectivity index (χ3v) is 7.74. The van der Waals surface area contributed by atoms with E-state index in [0.717, 1.165) is 41.7 Å². The molecule has 33 heavy (non-hydrogen) atoms. The summed E-state index contributed by atoms with van der Waals surface area (Å²) in [6, 6.07) is 7.15. The van der Waals surface area contributed by atoms with Crippen LogP contribution in [-0.2, 0) is 32.2 Å². The van der Waals surface area contributed by atoms with Crippen molar-refractivity contribution in [2.75, 3.05) is 17.7 Å². The number of carbonyl (C=O) groups excluding carboxylic acids is 2. The Labute approximate surface area is 195 Å². The molecule has 0 spiro atoms. The minimum Gasteiger partial charge on any atom is -0.462 e. The number of carbonyl (C=O) groups is 2. The molecule has 2 heterocycles. The lowest BCUT2D eigenvalue weighted by Crippen LogP contribution is -2.24. The van der Waals surface area contributed by atoms with Gasteiger partial charge in [0, 0.05) is 10.4 Å². The average Bonchev–Trinajstić information content (AvgIpc) is 3.39. The van der Waals surface area contributed by atoms with Crippen LogP contribution in [0.2, 0.25) is 0 Å². The molecule has 1 N–H and O–H groups in total. The van der Waals surface area contributed by atoms with Crippen LogP contribution in [0.1, 0.15) is 46.1 Å². The number of rotatable bonds is 7. The quantitative estimate of drug-likeness (QED) is 0.499. The van der Waals surface area contributed by atoms with Gasteiger partial charge >= 0.3 is 11.2 Å². The molecule has 0 radical (unpaired) electrons. The highest BCUT2D eigenvalue weighted by molar-refractivity contribution is 7.91. The molecule has 0 saturated heterocycles. The number of nitrogens with zero attached hydrogens (tertiary/aromatic N) is 2. The molecular weight excluding hydrogens is 466 g/mol. The molecule has 0 saturated carbocycles. The first kappa shape index (κ1) is 23.1. The number of amides is 1. The second kappa shape index (κ2) is 9.44. The zero-order valence-corrected chi connectivity index (χ0v) is 19.8. The summed E-state index contributed by atoms with van der Waals surface area (Å²) >= 11 is 1.29. The van der Waals surface area contributed by atoms with Gasteiger partial charge in [-0.2, -0.15) is 0 Å². The van der Waals surface area contributed by atoms with Crippen molar-refractivity contribution in [3.8, 4) is 11.5 Å². The normalized spacial score (nSPS) is 13.4. The topological polar surface area (TPSA) is 128 Å². The zero-order valence-electron chi connectivity index (χ0n) is 18.2. The molecule has 9 nitrogen and oxygen atoms in total. The Balaban J connectivity index is 1.52. The molecule has 4 rings (SSSR count). The molecular formula is C22H23N3O6S2. The Morgan fingerprint density at radius 2 is 1.88 bits per heavy atom. The number of hydrogen-bond acceptors (Lipinski definition) is 9. The lowest BCUT2D eigenvalue weighted by molar-refractivity contribution is -0.113. The summed E-state index contributed by atoms with van der Waals surface area (Å²) < 4.78 is 35.9. The van der Waals surface area contributed by atoms with Crippen LogP contribution in [0.25, 0.3) is 11.5 Å². The zero-order chi connectivity index (χ0) is 23.6. The predicted molar refractivity (Wildman–Crippen MR) is 122 cm³/mol. The van der Waals surface area contributed by atoms with Crippen LogP contribution < -0.4 is 5.32 Å². The maximum Gasteiger partial charge on any atom is 0.341 e. The van der Waals surface area contributed by atoms with Gasteiger partial charge in [0.15, 0.2) is 0 Å². The number of ether oxygens (including phenoxy) is 1. The van der Waals surface area contributed by atoms with Crippen LogP contribution in [-0.4, -0.2) is 42.9 Å². The van der Waals surface area contributed by atoms with Crippen molar-refractivity contribution < 1.29 is 27.2 Å². The third kappa shape index (κ3) is 4.98. The monoisotopic (exact) mass is 489 g/mol. The van der Waals surface area contributed by atoms with Gasteiger partial charge in [0.05, 0.1) is 12.2 Å².